The van der Waals surface area contributed by atoms with E-state index in [0.29, 0.717) is 5.56 Å². The van der Waals surface area contributed by atoms with Gasteiger partial charge < -0.3 is 15.8 Å². The third kappa shape index (κ3) is 5.68. The van der Waals surface area contributed by atoms with Crippen molar-refractivity contribution in [2.75, 3.05) is 0 Å². The Morgan fingerprint density at radius 1 is 1.19 bits per heavy atom. The van der Waals surface area contributed by atoms with Crippen molar-refractivity contribution >= 4 is 27.7 Å². The Morgan fingerprint density at radius 3 is 2.30 bits per heavy atom. The van der Waals surface area contributed by atoms with Crippen LogP contribution in [0.5, 0.6) is 5.75 Å². The van der Waals surface area contributed by atoms with Gasteiger partial charge in [-0.2, -0.15) is 13.2 Å². The summed E-state index contributed by atoms with van der Waals surface area (Å²) >= 11 is 3.27. The van der Waals surface area contributed by atoms with Crippen molar-refractivity contribution in [3.8, 4) is 5.75 Å². The first-order chi connectivity index (χ1) is 12.6. The van der Waals surface area contributed by atoms with E-state index in [2.05, 4.69) is 20.9 Å². The van der Waals surface area contributed by atoms with E-state index in [-0.39, 0.29) is 11.4 Å². The van der Waals surface area contributed by atoms with Gasteiger partial charge in [0.05, 0.1) is 12.2 Å². The molecular weight excluding hydrogens is 431 g/mol. The smallest absolute Gasteiger partial charge is 0.471 e. The number of aromatic nitrogens is 1. The fourth-order valence-electron chi connectivity index (χ4n) is 2.22. The van der Waals surface area contributed by atoms with Crippen molar-refractivity contribution < 1.29 is 27.5 Å². The highest BCUT2D eigenvalue weighted by Gasteiger charge is 2.40. The van der Waals surface area contributed by atoms with E-state index in [1.165, 1.54) is 25.3 Å². The molecule has 1 heterocycles. The van der Waals surface area contributed by atoms with Crippen LogP contribution in [0.3, 0.4) is 0 Å². The van der Waals surface area contributed by atoms with Crippen LogP contribution in [0.15, 0.2) is 47.1 Å². The van der Waals surface area contributed by atoms with Crippen LogP contribution in [0.2, 0.25) is 0 Å². The molecule has 0 bridgehead atoms. The number of nitrogens with two attached hydrogens (primary N) is 1. The lowest BCUT2D eigenvalue weighted by Crippen LogP contribution is -2.45. The van der Waals surface area contributed by atoms with E-state index >= 15 is 0 Å². The van der Waals surface area contributed by atoms with Crippen molar-refractivity contribution in [3.05, 3.63) is 58.3 Å². The van der Waals surface area contributed by atoms with Gasteiger partial charge in [0.2, 0.25) is 0 Å². The highest BCUT2D eigenvalue weighted by atomic mass is 79.9. The summed E-state index contributed by atoms with van der Waals surface area (Å²) in [5, 5.41) is 1.89. The average molecular weight is 446 g/mol. The van der Waals surface area contributed by atoms with Gasteiger partial charge in [0.1, 0.15) is 17.5 Å². The maximum atomic E-state index is 12.6. The number of hydrogen-bond donors (Lipinski definition) is 2. The van der Waals surface area contributed by atoms with Crippen molar-refractivity contribution in [1.29, 1.82) is 0 Å². The molecule has 1 unspecified atom stereocenters. The summed E-state index contributed by atoms with van der Waals surface area (Å²) in [6.07, 6.45) is -4.72. The van der Waals surface area contributed by atoms with Gasteiger partial charge in [-0.15, -0.1) is 0 Å². The minimum Gasteiger partial charge on any atom is -0.482 e. The molecule has 2 atom stereocenters. The molecule has 1 aromatic heterocycles. The van der Waals surface area contributed by atoms with Crippen LogP contribution in [0, 0.1) is 0 Å². The summed E-state index contributed by atoms with van der Waals surface area (Å²) in [5.41, 5.74) is 5.66. The number of amides is 2. The van der Waals surface area contributed by atoms with Gasteiger partial charge in [0.15, 0.2) is 0 Å². The number of rotatable bonds is 6. The number of halogens is 4. The molecule has 0 saturated carbocycles. The second kappa shape index (κ2) is 8.38. The van der Waals surface area contributed by atoms with Crippen molar-refractivity contribution in [1.82, 2.24) is 10.3 Å². The number of primary amides is 1. The van der Waals surface area contributed by atoms with Crippen LogP contribution in [-0.4, -0.2) is 29.0 Å². The first kappa shape index (κ1) is 20.7. The molecule has 10 heteroatoms. The van der Waals surface area contributed by atoms with E-state index in [1.807, 2.05) is 5.32 Å². The molecular formula is C17H15BrF3N3O3. The lowest BCUT2D eigenvalue weighted by Gasteiger charge is -2.26. The normalized spacial score (nSPS) is 13.5. The molecule has 0 radical (unpaired) electrons. The Labute approximate surface area is 161 Å². The second-order valence-corrected chi connectivity index (χ2v) is 6.51. The van der Waals surface area contributed by atoms with Crippen LogP contribution in [0.4, 0.5) is 13.2 Å². The van der Waals surface area contributed by atoms with Crippen LogP contribution in [-0.2, 0) is 4.79 Å². The zero-order chi connectivity index (χ0) is 20.2. The van der Waals surface area contributed by atoms with E-state index in [4.69, 9.17) is 10.5 Å². The molecule has 144 valence electrons. The van der Waals surface area contributed by atoms with Crippen LogP contribution < -0.4 is 15.8 Å². The summed E-state index contributed by atoms with van der Waals surface area (Å²) < 4.78 is 44.2. The predicted octanol–water partition coefficient (Wildman–Crippen LogP) is 3.13. The van der Waals surface area contributed by atoms with Gasteiger partial charge in [-0.3, -0.25) is 9.59 Å². The Hall–Kier alpha value is -2.62. The van der Waals surface area contributed by atoms with Crippen molar-refractivity contribution in [2.45, 2.75) is 25.2 Å². The summed E-state index contributed by atoms with van der Waals surface area (Å²) in [7, 11) is 0. The number of nitrogens with zero attached hydrogens (tertiary/aromatic N) is 1. The van der Waals surface area contributed by atoms with Gasteiger partial charge in [-0.05, 0) is 36.8 Å². The summed E-state index contributed by atoms with van der Waals surface area (Å²) in [6.45, 7) is 1.39. The summed E-state index contributed by atoms with van der Waals surface area (Å²) in [4.78, 5) is 26.2. The van der Waals surface area contributed by atoms with Gasteiger partial charge in [0, 0.05) is 4.47 Å². The second-order valence-electron chi connectivity index (χ2n) is 5.59. The number of alkyl halides is 3. The lowest BCUT2D eigenvalue weighted by atomic mass is 10.0. The highest BCUT2D eigenvalue weighted by Crippen LogP contribution is 2.27. The molecule has 0 aliphatic heterocycles. The highest BCUT2D eigenvalue weighted by molar-refractivity contribution is 9.10. The van der Waals surface area contributed by atoms with E-state index in [9.17, 15) is 22.8 Å². The summed E-state index contributed by atoms with van der Waals surface area (Å²) in [5.74, 6) is -2.60. The number of benzene rings is 1. The molecule has 2 aromatic rings. The number of pyridine rings is 1. The lowest BCUT2D eigenvalue weighted by molar-refractivity contribution is -0.174. The molecule has 6 nitrogen and oxygen atoms in total. The third-order valence-electron chi connectivity index (χ3n) is 3.52. The number of nitrogens with one attached hydrogen (secondary N) is 1. The monoisotopic (exact) mass is 445 g/mol. The number of ether oxygens (including phenoxy) is 1. The average Bonchev–Trinajstić information content (AvgIpc) is 2.60. The molecule has 3 N–H and O–H groups in total. The Morgan fingerprint density at radius 2 is 1.81 bits per heavy atom. The van der Waals surface area contributed by atoms with Gasteiger partial charge >= 0.3 is 12.1 Å². The molecule has 2 rings (SSSR count). The zero-order valence-corrected chi connectivity index (χ0v) is 15.5. The van der Waals surface area contributed by atoms with Crippen LogP contribution >= 0.6 is 15.9 Å². The fourth-order valence-corrected chi connectivity index (χ4v) is 2.48. The van der Waals surface area contributed by atoms with Gasteiger partial charge in [-0.25, -0.2) is 4.98 Å². The fraction of sp³-hybridized carbons (Fsp3) is 0.235. The minimum atomic E-state index is -5.01. The standard InChI is InChI=1S/C17H15BrF3N3O3/c1-9(24-16(26)17(19,20)21)14(10-2-4-11(18)5-3-10)27-12-6-7-13(15(22)25)23-8-12/h2-9,14H,1H3,(H2,22,25)(H,24,26)/t9?,14-/m0/s1. The summed E-state index contributed by atoms with van der Waals surface area (Å²) in [6, 6.07) is 8.41. The zero-order valence-electron chi connectivity index (χ0n) is 14.0. The maximum Gasteiger partial charge on any atom is 0.471 e. The minimum absolute atomic E-state index is 0.0148. The van der Waals surface area contributed by atoms with Crippen LogP contribution in [0.1, 0.15) is 29.1 Å². The Balaban J connectivity index is 2.27. The maximum absolute atomic E-state index is 12.6. The first-order valence-corrected chi connectivity index (χ1v) is 8.43. The number of hydrogen-bond acceptors (Lipinski definition) is 4. The van der Waals surface area contributed by atoms with Crippen molar-refractivity contribution in [2.24, 2.45) is 5.73 Å². The first-order valence-electron chi connectivity index (χ1n) is 7.63. The Bertz CT molecular complexity index is 811. The number of carbonyl (C=O) groups is 2. The van der Waals surface area contributed by atoms with Gasteiger partial charge in [-0.1, -0.05) is 28.1 Å². The molecule has 27 heavy (non-hydrogen) atoms. The largest absolute Gasteiger partial charge is 0.482 e. The number of carbonyl (C=O) groups excluding carboxylic acids is 2. The van der Waals surface area contributed by atoms with Gasteiger partial charge in [0.25, 0.3) is 5.91 Å². The molecule has 0 fully saturated rings. The third-order valence-corrected chi connectivity index (χ3v) is 4.05. The molecule has 0 aliphatic carbocycles. The Kier molecular flexibility index (Phi) is 6.42. The molecule has 0 saturated heterocycles. The van der Waals surface area contributed by atoms with Crippen molar-refractivity contribution in [3.63, 3.8) is 0 Å². The SMILES string of the molecule is CC(NC(=O)C(F)(F)F)[C@H](Oc1ccc(C(N)=O)nc1)c1ccc(Br)cc1. The molecule has 0 aliphatic rings. The van der Waals surface area contributed by atoms with E-state index < -0.39 is 30.1 Å². The molecule has 1 aromatic carbocycles. The van der Waals surface area contributed by atoms with E-state index in [1.54, 1.807) is 24.3 Å². The molecule has 0 spiro atoms. The molecule has 2 amide bonds. The predicted molar refractivity (Wildman–Crippen MR) is 93.9 cm³/mol. The quantitative estimate of drug-likeness (QED) is 0.713. The van der Waals surface area contributed by atoms with E-state index in [0.717, 1.165) is 4.47 Å². The topological polar surface area (TPSA) is 94.3 Å². The van der Waals surface area contributed by atoms with Crippen LogP contribution in [0.25, 0.3) is 0 Å².